The fourth-order valence-electron chi connectivity index (χ4n) is 3.40. The number of nitrogens with one attached hydrogen (secondary N) is 2. The minimum absolute atomic E-state index is 0.119. The molecule has 1 aromatic carbocycles. The van der Waals surface area contributed by atoms with Crippen molar-refractivity contribution in [3.05, 3.63) is 54.0 Å². The highest BCUT2D eigenvalue weighted by atomic mass is 16.3. The molecule has 1 fully saturated rings. The second-order valence-corrected chi connectivity index (χ2v) is 7.92. The Hall–Kier alpha value is -2.23. The number of rotatable bonds is 4. The Kier molecular flexibility index (Phi) is 5.16. The summed E-state index contributed by atoms with van der Waals surface area (Å²) >= 11 is 0. The zero-order chi connectivity index (χ0) is 17.9. The van der Waals surface area contributed by atoms with Crippen LogP contribution in [0.5, 0.6) is 0 Å². The first kappa shape index (κ1) is 17.6. The number of hydrogen-bond donors (Lipinski definition) is 2. The van der Waals surface area contributed by atoms with Crippen LogP contribution in [-0.4, -0.2) is 18.0 Å². The van der Waals surface area contributed by atoms with E-state index in [2.05, 4.69) is 55.7 Å². The lowest BCUT2D eigenvalue weighted by molar-refractivity contribution is 0.0895. The summed E-state index contributed by atoms with van der Waals surface area (Å²) in [6.45, 7) is 6.66. The van der Waals surface area contributed by atoms with Crippen molar-refractivity contribution in [1.82, 2.24) is 5.32 Å². The summed E-state index contributed by atoms with van der Waals surface area (Å²) < 4.78 is 5.20. The molecule has 0 unspecified atom stereocenters. The molecule has 2 N–H and O–H groups in total. The lowest BCUT2D eigenvalue weighted by Crippen LogP contribution is -2.48. The van der Waals surface area contributed by atoms with Gasteiger partial charge in [-0.05, 0) is 48.1 Å². The molecule has 1 amide bonds. The Morgan fingerprint density at radius 3 is 2.32 bits per heavy atom. The van der Waals surface area contributed by atoms with Gasteiger partial charge in [0, 0.05) is 17.8 Å². The summed E-state index contributed by atoms with van der Waals surface area (Å²) in [5.74, 6) is 0.241. The van der Waals surface area contributed by atoms with Crippen LogP contribution in [0.15, 0.2) is 47.1 Å². The molecular weight excluding hydrogens is 312 g/mol. The number of anilines is 1. The Bertz CT molecular complexity index is 684. The minimum atomic E-state index is -0.133. The first-order chi connectivity index (χ1) is 11.9. The summed E-state index contributed by atoms with van der Waals surface area (Å²) in [6.07, 6.45) is 5.91. The van der Waals surface area contributed by atoms with Gasteiger partial charge in [0.1, 0.15) is 0 Å². The van der Waals surface area contributed by atoms with E-state index < -0.39 is 0 Å². The summed E-state index contributed by atoms with van der Waals surface area (Å²) in [5, 5.41) is 6.75. The van der Waals surface area contributed by atoms with E-state index in [-0.39, 0.29) is 23.4 Å². The molecule has 4 nitrogen and oxygen atoms in total. The van der Waals surface area contributed by atoms with E-state index in [1.54, 1.807) is 12.1 Å². The first-order valence-corrected chi connectivity index (χ1v) is 9.15. The van der Waals surface area contributed by atoms with E-state index in [9.17, 15) is 4.79 Å². The molecule has 0 bridgehead atoms. The zero-order valence-electron chi connectivity index (χ0n) is 15.3. The van der Waals surface area contributed by atoms with Crippen LogP contribution in [0.3, 0.4) is 0 Å². The second kappa shape index (κ2) is 7.34. The molecule has 25 heavy (non-hydrogen) atoms. The lowest BCUT2D eigenvalue weighted by Gasteiger charge is -2.33. The van der Waals surface area contributed by atoms with Crippen LogP contribution in [0.25, 0.3) is 0 Å². The molecule has 2 atom stereocenters. The predicted octanol–water partition coefficient (Wildman–Crippen LogP) is 4.73. The van der Waals surface area contributed by atoms with Crippen LogP contribution >= 0.6 is 0 Å². The standard InChI is InChI=1S/C21H28N2O2/c1-21(2,3)15-10-12-16(13-11-15)22-17-7-4-5-8-18(17)23-20(24)19-9-6-14-25-19/h6,9-14,17-18,22H,4-5,7-8H2,1-3H3,(H,23,24)/t17-,18-/m1/s1. The quantitative estimate of drug-likeness (QED) is 0.846. The lowest BCUT2D eigenvalue weighted by atomic mass is 9.87. The van der Waals surface area contributed by atoms with Crippen LogP contribution in [-0.2, 0) is 5.41 Å². The number of carbonyl (C=O) groups excluding carboxylic acids is 1. The monoisotopic (exact) mass is 340 g/mol. The molecule has 4 heteroatoms. The normalized spacial score (nSPS) is 20.9. The molecule has 0 spiro atoms. The molecule has 1 heterocycles. The second-order valence-electron chi connectivity index (χ2n) is 7.92. The highest BCUT2D eigenvalue weighted by Gasteiger charge is 2.27. The van der Waals surface area contributed by atoms with Crippen molar-refractivity contribution in [3.63, 3.8) is 0 Å². The van der Waals surface area contributed by atoms with Crippen molar-refractivity contribution in [2.45, 2.75) is 64.0 Å². The van der Waals surface area contributed by atoms with Crippen LogP contribution in [0.1, 0.15) is 62.6 Å². The summed E-state index contributed by atoms with van der Waals surface area (Å²) in [7, 11) is 0. The Labute approximate surface area is 150 Å². The number of benzene rings is 1. The maximum Gasteiger partial charge on any atom is 0.287 e. The highest BCUT2D eigenvalue weighted by Crippen LogP contribution is 2.26. The predicted molar refractivity (Wildman–Crippen MR) is 101 cm³/mol. The van der Waals surface area contributed by atoms with Crippen molar-refractivity contribution in [2.75, 3.05) is 5.32 Å². The molecule has 1 aromatic heterocycles. The molecule has 0 aliphatic heterocycles. The largest absolute Gasteiger partial charge is 0.459 e. The molecule has 1 aliphatic rings. The van der Waals surface area contributed by atoms with Crippen molar-refractivity contribution in [2.24, 2.45) is 0 Å². The first-order valence-electron chi connectivity index (χ1n) is 9.15. The Balaban J connectivity index is 1.66. The van der Waals surface area contributed by atoms with Gasteiger partial charge in [-0.2, -0.15) is 0 Å². The third-order valence-electron chi connectivity index (χ3n) is 4.93. The van der Waals surface area contributed by atoms with Crippen LogP contribution in [0.2, 0.25) is 0 Å². The van der Waals surface area contributed by atoms with Gasteiger partial charge < -0.3 is 15.1 Å². The van der Waals surface area contributed by atoms with Gasteiger partial charge in [-0.25, -0.2) is 0 Å². The maximum atomic E-state index is 12.3. The van der Waals surface area contributed by atoms with E-state index in [4.69, 9.17) is 4.42 Å². The topological polar surface area (TPSA) is 54.3 Å². The van der Waals surface area contributed by atoms with Gasteiger partial charge in [-0.15, -0.1) is 0 Å². The van der Waals surface area contributed by atoms with Crippen molar-refractivity contribution < 1.29 is 9.21 Å². The number of carbonyl (C=O) groups is 1. The molecule has 134 valence electrons. The third-order valence-corrected chi connectivity index (χ3v) is 4.93. The smallest absolute Gasteiger partial charge is 0.287 e. The van der Waals surface area contributed by atoms with Crippen molar-refractivity contribution in [3.8, 4) is 0 Å². The summed E-state index contributed by atoms with van der Waals surface area (Å²) in [5.41, 5.74) is 2.59. The average molecular weight is 340 g/mol. The van der Waals surface area contributed by atoms with Gasteiger partial charge in [0.25, 0.3) is 5.91 Å². The molecule has 0 radical (unpaired) electrons. The highest BCUT2D eigenvalue weighted by molar-refractivity contribution is 5.91. The molecule has 2 aromatic rings. The van der Waals surface area contributed by atoms with Crippen molar-refractivity contribution in [1.29, 1.82) is 0 Å². The minimum Gasteiger partial charge on any atom is -0.459 e. The number of furan rings is 1. The summed E-state index contributed by atoms with van der Waals surface area (Å²) in [6, 6.07) is 12.4. The van der Waals surface area contributed by atoms with Gasteiger partial charge in [0.15, 0.2) is 5.76 Å². The number of amides is 1. The van der Waals surface area contributed by atoms with Crippen molar-refractivity contribution >= 4 is 11.6 Å². The fraction of sp³-hybridized carbons (Fsp3) is 0.476. The SMILES string of the molecule is CC(C)(C)c1ccc(N[C@@H]2CCCC[C@H]2NC(=O)c2ccco2)cc1. The van der Waals surface area contributed by atoms with Crippen LogP contribution in [0, 0.1) is 0 Å². The third kappa shape index (κ3) is 4.44. The van der Waals surface area contributed by atoms with Crippen LogP contribution in [0.4, 0.5) is 5.69 Å². The van der Waals surface area contributed by atoms with Gasteiger partial charge >= 0.3 is 0 Å². The Morgan fingerprint density at radius 1 is 1.04 bits per heavy atom. The molecule has 1 aliphatic carbocycles. The van der Waals surface area contributed by atoms with Gasteiger partial charge in [0.2, 0.25) is 0 Å². The van der Waals surface area contributed by atoms with E-state index in [1.807, 2.05) is 0 Å². The molecule has 0 saturated heterocycles. The number of hydrogen-bond acceptors (Lipinski definition) is 3. The zero-order valence-corrected chi connectivity index (χ0v) is 15.3. The van der Waals surface area contributed by atoms with E-state index in [0.29, 0.717) is 5.76 Å². The van der Waals surface area contributed by atoms with Crippen LogP contribution < -0.4 is 10.6 Å². The Morgan fingerprint density at radius 2 is 1.72 bits per heavy atom. The average Bonchev–Trinajstić information content (AvgIpc) is 3.11. The fourth-order valence-corrected chi connectivity index (χ4v) is 3.40. The van der Waals surface area contributed by atoms with E-state index in [0.717, 1.165) is 24.9 Å². The summed E-state index contributed by atoms with van der Waals surface area (Å²) in [4.78, 5) is 12.3. The molecule has 1 saturated carbocycles. The van der Waals surface area contributed by atoms with E-state index >= 15 is 0 Å². The molecule has 3 rings (SSSR count). The van der Waals surface area contributed by atoms with Gasteiger partial charge in [-0.1, -0.05) is 45.7 Å². The van der Waals surface area contributed by atoms with Gasteiger partial charge in [-0.3, -0.25) is 4.79 Å². The van der Waals surface area contributed by atoms with E-state index in [1.165, 1.54) is 18.2 Å². The maximum absolute atomic E-state index is 12.3. The van der Waals surface area contributed by atoms with Gasteiger partial charge in [0.05, 0.1) is 6.26 Å². The molecular formula is C21H28N2O2.